The summed E-state index contributed by atoms with van der Waals surface area (Å²) in [7, 11) is 0. The number of halogens is 2. The van der Waals surface area contributed by atoms with E-state index in [4.69, 9.17) is 4.74 Å². The summed E-state index contributed by atoms with van der Waals surface area (Å²) in [5, 5.41) is 2.79. The number of hydrogen-bond donors (Lipinski definition) is 1. The SMILES string of the molecule is CC(C)(C)c1ccc(OCC(=O)Nc2ccc(Br)cc2)c(Br)c1. The van der Waals surface area contributed by atoms with E-state index in [1.807, 2.05) is 42.5 Å². The van der Waals surface area contributed by atoms with Crippen molar-refractivity contribution in [2.45, 2.75) is 26.2 Å². The van der Waals surface area contributed by atoms with Crippen molar-refractivity contribution in [2.24, 2.45) is 0 Å². The highest BCUT2D eigenvalue weighted by Gasteiger charge is 2.15. The summed E-state index contributed by atoms with van der Waals surface area (Å²) in [6.07, 6.45) is 0. The van der Waals surface area contributed by atoms with E-state index in [0.29, 0.717) is 5.75 Å². The normalized spacial score (nSPS) is 11.2. The first-order valence-corrected chi connectivity index (χ1v) is 8.82. The van der Waals surface area contributed by atoms with Gasteiger partial charge < -0.3 is 10.1 Å². The molecule has 0 spiro atoms. The monoisotopic (exact) mass is 439 g/mol. The van der Waals surface area contributed by atoms with E-state index in [0.717, 1.165) is 14.6 Å². The number of anilines is 1. The Morgan fingerprint density at radius 1 is 1.09 bits per heavy atom. The zero-order valence-corrected chi connectivity index (χ0v) is 16.5. The maximum atomic E-state index is 11.9. The molecule has 1 N–H and O–H groups in total. The molecule has 0 heterocycles. The lowest BCUT2D eigenvalue weighted by Gasteiger charge is -2.20. The Bertz CT molecular complexity index is 691. The molecule has 0 saturated heterocycles. The van der Waals surface area contributed by atoms with Crippen LogP contribution in [0.3, 0.4) is 0 Å². The van der Waals surface area contributed by atoms with Gasteiger partial charge in [0, 0.05) is 10.2 Å². The largest absolute Gasteiger partial charge is 0.483 e. The van der Waals surface area contributed by atoms with Crippen LogP contribution in [0.4, 0.5) is 5.69 Å². The van der Waals surface area contributed by atoms with Gasteiger partial charge in [-0.3, -0.25) is 4.79 Å². The van der Waals surface area contributed by atoms with E-state index < -0.39 is 0 Å². The molecule has 1 amide bonds. The highest BCUT2D eigenvalue weighted by Crippen LogP contribution is 2.31. The van der Waals surface area contributed by atoms with Crippen LogP contribution in [0.5, 0.6) is 5.75 Å². The molecule has 2 rings (SSSR count). The third-order valence-corrected chi connectivity index (χ3v) is 4.43. The number of ether oxygens (including phenoxy) is 1. The van der Waals surface area contributed by atoms with Crippen molar-refractivity contribution in [3.05, 3.63) is 57.0 Å². The molecule has 0 fully saturated rings. The van der Waals surface area contributed by atoms with E-state index in [1.54, 1.807) is 0 Å². The summed E-state index contributed by atoms with van der Waals surface area (Å²) >= 11 is 6.86. The summed E-state index contributed by atoms with van der Waals surface area (Å²) in [6, 6.07) is 13.3. The van der Waals surface area contributed by atoms with Crippen molar-refractivity contribution in [3.8, 4) is 5.75 Å². The Labute approximate surface area is 153 Å². The molecule has 5 heteroatoms. The van der Waals surface area contributed by atoms with Crippen LogP contribution in [-0.2, 0) is 10.2 Å². The molecule has 0 aliphatic heterocycles. The molecule has 0 aliphatic carbocycles. The Morgan fingerprint density at radius 3 is 2.30 bits per heavy atom. The molecule has 23 heavy (non-hydrogen) atoms. The topological polar surface area (TPSA) is 38.3 Å². The van der Waals surface area contributed by atoms with Crippen LogP contribution in [-0.4, -0.2) is 12.5 Å². The van der Waals surface area contributed by atoms with Gasteiger partial charge in [0.15, 0.2) is 6.61 Å². The van der Waals surface area contributed by atoms with Crippen LogP contribution in [0.25, 0.3) is 0 Å². The van der Waals surface area contributed by atoms with Gasteiger partial charge >= 0.3 is 0 Å². The first-order chi connectivity index (χ1) is 10.8. The zero-order valence-electron chi connectivity index (χ0n) is 13.3. The molecule has 0 aromatic heterocycles. The maximum absolute atomic E-state index is 11.9. The van der Waals surface area contributed by atoms with Gasteiger partial charge in [0.25, 0.3) is 5.91 Å². The lowest BCUT2D eigenvalue weighted by atomic mass is 9.87. The second-order valence-corrected chi connectivity index (χ2v) is 8.01. The number of nitrogens with one attached hydrogen (secondary N) is 1. The van der Waals surface area contributed by atoms with Gasteiger partial charge in [-0.1, -0.05) is 42.8 Å². The summed E-state index contributed by atoms with van der Waals surface area (Å²) in [4.78, 5) is 11.9. The molecule has 2 aromatic carbocycles. The van der Waals surface area contributed by atoms with Crippen LogP contribution in [0, 0.1) is 0 Å². The second-order valence-electron chi connectivity index (χ2n) is 6.24. The molecule has 0 radical (unpaired) electrons. The predicted octanol–water partition coefficient (Wildman–Crippen LogP) is 5.53. The summed E-state index contributed by atoms with van der Waals surface area (Å²) in [6.45, 7) is 6.42. The van der Waals surface area contributed by atoms with E-state index >= 15 is 0 Å². The second kappa shape index (κ2) is 7.49. The fraction of sp³-hybridized carbons (Fsp3) is 0.278. The number of carbonyl (C=O) groups excluding carboxylic acids is 1. The number of carbonyl (C=O) groups is 1. The highest BCUT2D eigenvalue weighted by molar-refractivity contribution is 9.10. The van der Waals surface area contributed by atoms with E-state index in [9.17, 15) is 4.79 Å². The Morgan fingerprint density at radius 2 is 1.74 bits per heavy atom. The molecule has 0 saturated carbocycles. The minimum Gasteiger partial charge on any atom is -0.483 e. The van der Waals surface area contributed by atoms with Gasteiger partial charge in [0.2, 0.25) is 0 Å². The molecule has 0 unspecified atom stereocenters. The molecular formula is C18H19Br2NO2. The molecule has 122 valence electrons. The third-order valence-electron chi connectivity index (χ3n) is 3.28. The van der Waals surface area contributed by atoms with Crippen molar-refractivity contribution in [1.82, 2.24) is 0 Å². The van der Waals surface area contributed by atoms with Crippen LogP contribution in [0.1, 0.15) is 26.3 Å². The average molecular weight is 441 g/mol. The molecule has 0 aliphatic rings. The summed E-state index contributed by atoms with van der Waals surface area (Å²) in [5.41, 5.74) is 2.01. The molecular weight excluding hydrogens is 422 g/mol. The van der Waals surface area contributed by atoms with Crippen LogP contribution in [0.15, 0.2) is 51.4 Å². The van der Waals surface area contributed by atoms with Gasteiger partial charge in [0.1, 0.15) is 5.75 Å². The number of amides is 1. The van der Waals surface area contributed by atoms with Gasteiger partial charge in [-0.15, -0.1) is 0 Å². The Hall–Kier alpha value is -1.33. The average Bonchev–Trinajstić information content (AvgIpc) is 2.47. The van der Waals surface area contributed by atoms with Crippen LogP contribution < -0.4 is 10.1 Å². The molecule has 0 atom stereocenters. The standard InChI is InChI=1S/C18H19Br2NO2/c1-18(2,3)12-4-9-16(15(20)10-12)23-11-17(22)21-14-7-5-13(19)6-8-14/h4-10H,11H2,1-3H3,(H,21,22). The number of hydrogen-bond acceptors (Lipinski definition) is 2. The van der Waals surface area contributed by atoms with Crippen molar-refractivity contribution >= 4 is 43.5 Å². The smallest absolute Gasteiger partial charge is 0.262 e. The van der Waals surface area contributed by atoms with E-state index in [-0.39, 0.29) is 17.9 Å². The first-order valence-electron chi connectivity index (χ1n) is 7.24. The van der Waals surface area contributed by atoms with Crippen molar-refractivity contribution in [3.63, 3.8) is 0 Å². The van der Waals surface area contributed by atoms with Gasteiger partial charge in [-0.2, -0.15) is 0 Å². The van der Waals surface area contributed by atoms with E-state index in [2.05, 4.69) is 57.9 Å². The summed E-state index contributed by atoms with van der Waals surface area (Å²) < 4.78 is 7.41. The van der Waals surface area contributed by atoms with Crippen LogP contribution >= 0.6 is 31.9 Å². The number of rotatable bonds is 4. The molecule has 3 nitrogen and oxygen atoms in total. The van der Waals surface area contributed by atoms with Crippen molar-refractivity contribution in [2.75, 3.05) is 11.9 Å². The lowest BCUT2D eigenvalue weighted by molar-refractivity contribution is -0.118. The minimum atomic E-state index is -0.195. The molecule has 2 aromatic rings. The summed E-state index contributed by atoms with van der Waals surface area (Å²) in [5.74, 6) is 0.461. The fourth-order valence-corrected chi connectivity index (χ4v) is 2.72. The lowest BCUT2D eigenvalue weighted by Crippen LogP contribution is -2.20. The Balaban J connectivity index is 1.95. The third kappa shape index (κ3) is 5.36. The zero-order chi connectivity index (χ0) is 17.0. The predicted molar refractivity (Wildman–Crippen MR) is 101 cm³/mol. The first kappa shape index (κ1) is 18.0. The van der Waals surface area contributed by atoms with Gasteiger partial charge in [-0.05, 0) is 63.3 Å². The van der Waals surface area contributed by atoms with Crippen molar-refractivity contribution < 1.29 is 9.53 Å². The Kier molecular flexibility index (Phi) is 5.87. The highest BCUT2D eigenvalue weighted by atomic mass is 79.9. The minimum absolute atomic E-state index is 0.0382. The number of benzene rings is 2. The van der Waals surface area contributed by atoms with E-state index in [1.165, 1.54) is 5.56 Å². The van der Waals surface area contributed by atoms with Gasteiger partial charge in [-0.25, -0.2) is 0 Å². The van der Waals surface area contributed by atoms with Crippen LogP contribution in [0.2, 0.25) is 0 Å². The fourth-order valence-electron chi connectivity index (χ4n) is 1.96. The quantitative estimate of drug-likeness (QED) is 0.678. The van der Waals surface area contributed by atoms with Crippen molar-refractivity contribution in [1.29, 1.82) is 0 Å². The van der Waals surface area contributed by atoms with Gasteiger partial charge in [0.05, 0.1) is 4.47 Å². The molecule has 0 bridgehead atoms. The maximum Gasteiger partial charge on any atom is 0.262 e.